The SMILES string of the molecule is O=C(N[C@H]1CCC[C@H]1C(=O)O)c1cn(-c2cccc(Cl)c2)nn1. The van der Waals surface area contributed by atoms with Gasteiger partial charge >= 0.3 is 5.97 Å². The molecule has 1 heterocycles. The van der Waals surface area contributed by atoms with Crippen LogP contribution in [0.25, 0.3) is 5.69 Å². The van der Waals surface area contributed by atoms with Crippen molar-refractivity contribution in [2.45, 2.75) is 25.3 Å². The number of benzene rings is 1. The van der Waals surface area contributed by atoms with E-state index in [1.54, 1.807) is 24.3 Å². The lowest BCUT2D eigenvalue weighted by Gasteiger charge is -2.16. The highest BCUT2D eigenvalue weighted by molar-refractivity contribution is 6.30. The molecule has 120 valence electrons. The Hall–Kier alpha value is -2.41. The summed E-state index contributed by atoms with van der Waals surface area (Å²) in [5.41, 5.74) is 0.828. The van der Waals surface area contributed by atoms with Crippen LogP contribution in [0.5, 0.6) is 0 Å². The van der Waals surface area contributed by atoms with Crippen LogP contribution < -0.4 is 5.32 Å². The van der Waals surface area contributed by atoms with E-state index in [9.17, 15) is 9.59 Å². The molecule has 2 atom stereocenters. The molecule has 8 heteroatoms. The molecule has 1 aromatic heterocycles. The van der Waals surface area contributed by atoms with Gasteiger partial charge in [0, 0.05) is 11.1 Å². The average molecular weight is 335 g/mol. The van der Waals surface area contributed by atoms with Crippen LogP contribution in [-0.4, -0.2) is 38.0 Å². The first-order valence-electron chi connectivity index (χ1n) is 7.26. The van der Waals surface area contributed by atoms with E-state index in [-0.39, 0.29) is 11.7 Å². The highest BCUT2D eigenvalue weighted by atomic mass is 35.5. The maximum Gasteiger partial charge on any atom is 0.308 e. The second-order valence-corrected chi connectivity index (χ2v) is 5.92. The van der Waals surface area contributed by atoms with Crippen molar-refractivity contribution in [1.82, 2.24) is 20.3 Å². The van der Waals surface area contributed by atoms with Gasteiger partial charge in [-0.3, -0.25) is 9.59 Å². The number of hydrogen-bond donors (Lipinski definition) is 2. The zero-order valence-electron chi connectivity index (χ0n) is 12.1. The van der Waals surface area contributed by atoms with Crippen LogP contribution in [0.4, 0.5) is 0 Å². The van der Waals surface area contributed by atoms with Crippen molar-refractivity contribution >= 4 is 23.5 Å². The molecule has 0 radical (unpaired) electrons. The monoisotopic (exact) mass is 334 g/mol. The molecule has 0 bridgehead atoms. The summed E-state index contributed by atoms with van der Waals surface area (Å²) in [5, 5.41) is 20.2. The van der Waals surface area contributed by atoms with Gasteiger partial charge in [0.05, 0.1) is 17.8 Å². The lowest BCUT2D eigenvalue weighted by Crippen LogP contribution is -2.40. The quantitative estimate of drug-likeness (QED) is 0.890. The minimum Gasteiger partial charge on any atom is -0.481 e. The third-order valence-corrected chi connectivity index (χ3v) is 4.18. The number of amides is 1. The van der Waals surface area contributed by atoms with Gasteiger partial charge in [0.2, 0.25) is 0 Å². The summed E-state index contributed by atoms with van der Waals surface area (Å²) >= 11 is 5.93. The Morgan fingerprint density at radius 3 is 2.91 bits per heavy atom. The lowest BCUT2D eigenvalue weighted by atomic mass is 10.0. The van der Waals surface area contributed by atoms with E-state index in [1.807, 2.05) is 0 Å². The zero-order valence-corrected chi connectivity index (χ0v) is 12.9. The van der Waals surface area contributed by atoms with E-state index in [2.05, 4.69) is 15.6 Å². The minimum absolute atomic E-state index is 0.140. The molecule has 1 saturated carbocycles. The van der Waals surface area contributed by atoms with E-state index in [0.29, 0.717) is 23.6 Å². The number of nitrogens with one attached hydrogen (secondary N) is 1. The molecule has 3 rings (SSSR count). The molecule has 0 aliphatic heterocycles. The lowest BCUT2D eigenvalue weighted by molar-refractivity contribution is -0.142. The van der Waals surface area contributed by atoms with Gasteiger partial charge in [0.25, 0.3) is 5.91 Å². The first-order valence-corrected chi connectivity index (χ1v) is 7.64. The molecular weight excluding hydrogens is 320 g/mol. The Morgan fingerprint density at radius 1 is 1.35 bits per heavy atom. The van der Waals surface area contributed by atoms with Crippen LogP contribution in [-0.2, 0) is 4.79 Å². The van der Waals surface area contributed by atoms with Crippen molar-refractivity contribution in [3.8, 4) is 5.69 Å². The summed E-state index contributed by atoms with van der Waals surface area (Å²) in [4.78, 5) is 23.4. The van der Waals surface area contributed by atoms with Gasteiger partial charge in [-0.1, -0.05) is 29.3 Å². The van der Waals surface area contributed by atoms with Gasteiger partial charge in [-0.25, -0.2) is 4.68 Å². The second kappa shape index (κ2) is 6.37. The molecule has 0 spiro atoms. The fourth-order valence-corrected chi connectivity index (χ4v) is 2.97. The number of carboxylic acid groups (broad SMARTS) is 1. The molecule has 1 aromatic carbocycles. The summed E-state index contributed by atoms with van der Waals surface area (Å²) in [5.74, 6) is -1.84. The number of carbonyl (C=O) groups is 2. The molecule has 1 aliphatic rings. The summed E-state index contributed by atoms with van der Waals surface area (Å²) in [7, 11) is 0. The van der Waals surface area contributed by atoms with Crippen LogP contribution in [0.15, 0.2) is 30.5 Å². The number of aromatic nitrogens is 3. The number of carboxylic acids is 1. The average Bonchev–Trinajstić information content (AvgIpc) is 3.16. The van der Waals surface area contributed by atoms with Gasteiger partial charge in [-0.2, -0.15) is 0 Å². The Balaban J connectivity index is 1.73. The molecule has 2 aromatic rings. The molecule has 23 heavy (non-hydrogen) atoms. The van der Waals surface area contributed by atoms with Crippen molar-refractivity contribution in [2.75, 3.05) is 0 Å². The van der Waals surface area contributed by atoms with Crippen LogP contribution in [0.3, 0.4) is 0 Å². The van der Waals surface area contributed by atoms with Crippen molar-refractivity contribution in [1.29, 1.82) is 0 Å². The maximum atomic E-state index is 12.2. The standard InChI is InChI=1S/C15H15ClN4O3/c16-9-3-1-4-10(7-9)20-8-13(18-19-20)14(21)17-12-6-2-5-11(12)15(22)23/h1,3-4,7-8,11-12H,2,5-6H2,(H,17,21)(H,22,23)/t11-,12+/m1/s1. The fraction of sp³-hybridized carbons (Fsp3) is 0.333. The number of nitrogens with zero attached hydrogens (tertiary/aromatic N) is 3. The molecule has 7 nitrogen and oxygen atoms in total. The maximum absolute atomic E-state index is 12.2. The molecule has 0 saturated heterocycles. The summed E-state index contributed by atoms with van der Waals surface area (Å²) in [6.07, 6.45) is 3.52. The number of halogens is 1. The van der Waals surface area contributed by atoms with Crippen molar-refractivity contribution in [3.05, 3.63) is 41.2 Å². The van der Waals surface area contributed by atoms with Crippen LogP contribution >= 0.6 is 11.6 Å². The van der Waals surface area contributed by atoms with Crippen LogP contribution in [0, 0.1) is 5.92 Å². The van der Waals surface area contributed by atoms with Crippen molar-refractivity contribution in [2.24, 2.45) is 5.92 Å². The first-order chi connectivity index (χ1) is 11.0. The fourth-order valence-electron chi connectivity index (χ4n) is 2.78. The van der Waals surface area contributed by atoms with Gasteiger partial charge in [-0.05, 0) is 31.0 Å². The van der Waals surface area contributed by atoms with E-state index >= 15 is 0 Å². The van der Waals surface area contributed by atoms with Crippen LogP contribution in [0.1, 0.15) is 29.8 Å². The summed E-state index contributed by atoms with van der Waals surface area (Å²) in [6, 6.07) is 6.64. The summed E-state index contributed by atoms with van der Waals surface area (Å²) in [6.45, 7) is 0. The van der Waals surface area contributed by atoms with E-state index in [1.165, 1.54) is 10.9 Å². The number of aliphatic carboxylic acids is 1. The van der Waals surface area contributed by atoms with Crippen molar-refractivity contribution in [3.63, 3.8) is 0 Å². The van der Waals surface area contributed by atoms with Gasteiger partial charge < -0.3 is 10.4 Å². The predicted molar refractivity (Wildman–Crippen MR) is 82.6 cm³/mol. The molecule has 1 amide bonds. The predicted octanol–water partition coefficient (Wildman–Crippen LogP) is 1.90. The third-order valence-electron chi connectivity index (χ3n) is 3.95. The zero-order chi connectivity index (χ0) is 16.4. The number of hydrogen-bond acceptors (Lipinski definition) is 4. The Morgan fingerprint density at radius 2 is 2.17 bits per heavy atom. The topological polar surface area (TPSA) is 97.1 Å². The van der Waals surface area contributed by atoms with Crippen LogP contribution in [0.2, 0.25) is 5.02 Å². The van der Waals surface area contributed by atoms with Gasteiger partial charge in [-0.15, -0.1) is 5.10 Å². The molecule has 1 fully saturated rings. The summed E-state index contributed by atoms with van der Waals surface area (Å²) < 4.78 is 1.45. The Kier molecular flexibility index (Phi) is 4.29. The highest BCUT2D eigenvalue weighted by Crippen LogP contribution is 2.26. The van der Waals surface area contributed by atoms with Crippen molar-refractivity contribution < 1.29 is 14.7 Å². The Bertz CT molecular complexity index is 746. The van der Waals surface area contributed by atoms with E-state index in [4.69, 9.17) is 16.7 Å². The number of rotatable bonds is 4. The third kappa shape index (κ3) is 3.34. The second-order valence-electron chi connectivity index (χ2n) is 5.48. The number of carbonyl (C=O) groups excluding carboxylic acids is 1. The molecule has 1 aliphatic carbocycles. The van der Waals surface area contributed by atoms with Gasteiger partial charge in [0.1, 0.15) is 0 Å². The molecule has 2 N–H and O–H groups in total. The normalized spacial score (nSPS) is 20.4. The highest BCUT2D eigenvalue weighted by Gasteiger charge is 2.34. The Labute approximate surface area is 137 Å². The van der Waals surface area contributed by atoms with E-state index in [0.717, 1.165) is 6.42 Å². The molecular formula is C15H15ClN4O3. The molecule has 0 unspecified atom stereocenters. The van der Waals surface area contributed by atoms with Gasteiger partial charge in [0.15, 0.2) is 5.69 Å². The first kappa shape index (κ1) is 15.5. The smallest absolute Gasteiger partial charge is 0.308 e. The minimum atomic E-state index is -0.879. The van der Waals surface area contributed by atoms with E-state index < -0.39 is 17.8 Å². The largest absolute Gasteiger partial charge is 0.481 e.